The van der Waals surface area contributed by atoms with Gasteiger partial charge in [0.15, 0.2) is 11.5 Å². The van der Waals surface area contributed by atoms with Gasteiger partial charge in [-0.05, 0) is 63.3 Å². The summed E-state index contributed by atoms with van der Waals surface area (Å²) in [5, 5.41) is 0. The van der Waals surface area contributed by atoms with E-state index in [2.05, 4.69) is 9.97 Å². The molecule has 0 bridgehead atoms. The van der Waals surface area contributed by atoms with Crippen LogP contribution in [0.2, 0.25) is 0 Å². The smallest absolute Gasteiger partial charge is 0.335 e. The normalized spacial score (nSPS) is 16.0. The molecule has 10 nitrogen and oxygen atoms in total. The lowest BCUT2D eigenvalue weighted by Gasteiger charge is -2.32. The number of fused-ring (bicyclic) bond motifs is 1. The van der Waals surface area contributed by atoms with E-state index in [9.17, 15) is 9.59 Å². The minimum absolute atomic E-state index is 0.0588. The van der Waals surface area contributed by atoms with Crippen molar-refractivity contribution in [3.05, 3.63) is 83.6 Å². The van der Waals surface area contributed by atoms with Crippen molar-refractivity contribution in [2.24, 2.45) is 0 Å². The molecule has 3 heterocycles. The van der Waals surface area contributed by atoms with Crippen LogP contribution in [0.1, 0.15) is 18.9 Å². The first kappa shape index (κ1) is 25.2. The van der Waals surface area contributed by atoms with Crippen LogP contribution in [-0.4, -0.2) is 68.5 Å². The van der Waals surface area contributed by atoms with Crippen LogP contribution in [0.3, 0.4) is 0 Å². The fourth-order valence-corrected chi connectivity index (χ4v) is 4.76. The van der Waals surface area contributed by atoms with Crippen LogP contribution in [0.15, 0.2) is 77.9 Å². The molecule has 5 rings (SSSR count). The van der Waals surface area contributed by atoms with Gasteiger partial charge in [-0.2, -0.15) is 0 Å². The number of hydrogen-bond donors (Lipinski definition) is 1. The summed E-state index contributed by atoms with van der Waals surface area (Å²) in [6, 6.07) is 16.5. The highest BCUT2D eigenvalue weighted by Crippen LogP contribution is 2.28. The Kier molecular flexibility index (Phi) is 7.23. The lowest BCUT2D eigenvalue weighted by molar-refractivity contribution is -0.127. The second kappa shape index (κ2) is 10.9. The van der Waals surface area contributed by atoms with Gasteiger partial charge in [-0.25, -0.2) is 14.8 Å². The molecule has 1 fully saturated rings. The van der Waals surface area contributed by atoms with E-state index in [1.807, 2.05) is 67.5 Å². The molecular formula is C28H31N7O3. The molecule has 2 N–H and O–H groups in total. The first-order chi connectivity index (χ1) is 18.4. The topological polar surface area (TPSA) is 112 Å². The maximum Gasteiger partial charge on any atom is 0.335 e. The van der Waals surface area contributed by atoms with Gasteiger partial charge in [0, 0.05) is 25.7 Å². The zero-order valence-electron chi connectivity index (χ0n) is 21.5. The van der Waals surface area contributed by atoms with E-state index < -0.39 is 0 Å². The predicted octanol–water partition coefficient (Wildman–Crippen LogP) is 3.24. The Balaban J connectivity index is 1.47. The van der Waals surface area contributed by atoms with E-state index in [0.717, 1.165) is 18.6 Å². The average Bonchev–Trinajstić information content (AvgIpc) is 3.22. The Morgan fingerprint density at radius 3 is 2.58 bits per heavy atom. The van der Waals surface area contributed by atoms with Gasteiger partial charge < -0.3 is 20.3 Å². The number of rotatable bonds is 7. The standard InChI is InChI=1S/C28H31N7O3/c1-32(2)16-7-11-24(36)33-17-6-8-21(18-33)35-27-25(26(29)30-19-31-27)34(28(35)37)20-12-14-23(15-13-20)38-22-9-4-3-5-10-22/h3-5,7,9-15,19,21H,6,8,16-18H2,1-2H3,(H2,29,30,31)/t21-/m1/s1. The summed E-state index contributed by atoms with van der Waals surface area (Å²) in [5.41, 5.74) is 7.52. The third-order valence-electron chi connectivity index (χ3n) is 6.56. The van der Waals surface area contributed by atoms with Crippen LogP contribution in [0, 0.1) is 0 Å². The number of benzene rings is 2. The van der Waals surface area contributed by atoms with Crippen LogP contribution in [0.5, 0.6) is 11.5 Å². The highest BCUT2D eigenvalue weighted by Gasteiger charge is 2.29. The summed E-state index contributed by atoms with van der Waals surface area (Å²) in [6.45, 7) is 1.74. The number of nitrogen functional groups attached to an aromatic ring is 1. The summed E-state index contributed by atoms with van der Waals surface area (Å²) >= 11 is 0. The molecule has 4 aromatic rings. The number of piperidine rings is 1. The Hall–Kier alpha value is -4.44. The lowest BCUT2D eigenvalue weighted by atomic mass is 10.1. The predicted molar refractivity (Wildman–Crippen MR) is 147 cm³/mol. The third kappa shape index (κ3) is 5.16. The molecule has 1 aliphatic rings. The summed E-state index contributed by atoms with van der Waals surface area (Å²) in [5.74, 6) is 1.52. The molecule has 1 amide bonds. The highest BCUT2D eigenvalue weighted by molar-refractivity contribution is 5.88. The number of likely N-dealkylation sites (tertiary alicyclic amines) is 1. The summed E-state index contributed by atoms with van der Waals surface area (Å²) in [6.07, 6.45) is 6.35. The first-order valence-electron chi connectivity index (χ1n) is 12.6. The van der Waals surface area contributed by atoms with Crippen molar-refractivity contribution in [3.63, 3.8) is 0 Å². The minimum Gasteiger partial charge on any atom is -0.457 e. The number of carbonyl (C=O) groups excluding carboxylic acids is 1. The van der Waals surface area contributed by atoms with Gasteiger partial charge in [0.05, 0.1) is 11.7 Å². The summed E-state index contributed by atoms with van der Waals surface area (Å²) in [4.78, 5) is 39.1. The van der Waals surface area contributed by atoms with Crippen molar-refractivity contribution in [1.82, 2.24) is 28.9 Å². The Labute approximate surface area is 220 Å². The lowest BCUT2D eigenvalue weighted by Crippen LogP contribution is -2.42. The second-order valence-electron chi connectivity index (χ2n) is 9.57. The van der Waals surface area contributed by atoms with E-state index in [1.165, 1.54) is 10.9 Å². The maximum atomic E-state index is 13.9. The number of para-hydroxylation sites is 1. The largest absolute Gasteiger partial charge is 0.457 e. The van der Waals surface area contributed by atoms with Gasteiger partial charge in [-0.1, -0.05) is 24.3 Å². The fourth-order valence-electron chi connectivity index (χ4n) is 4.76. The molecule has 10 heteroatoms. The molecule has 0 unspecified atom stereocenters. The highest BCUT2D eigenvalue weighted by atomic mass is 16.5. The molecule has 1 aliphatic heterocycles. The van der Waals surface area contributed by atoms with Crippen LogP contribution in [0.25, 0.3) is 16.9 Å². The second-order valence-corrected chi connectivity index (χ2v) is 9.57. The van der Waals surface area contributed by atoms with Crippen molar-refractivity contribution in [3.8, 4) is 17.2 Å². The number of anilines is 1. The number of ether oxygens (including phenoxy) is 1. The number of nitrogens with zero attached hydrogens (tertiary/aromatic N) is 6. The summed E-state index contributed by atoms with van der Waals surface area (Å²) in [7, 11) is 3.90. The summed E-state index contributed by atoms with van der Waals surface area (Å²) < 4.78 is 9.09. The molecule has 0 saturated carbocycles. The maximum absolute atomic E-state index is 13.9. The van der Waals surface area contributed by atoms with Crippen molar-refractivity contribution in [2.75, 3.05) is 39.5 Å². The first-order valence-corrected chi connectivity index (χ1v) is 12.6. The molecule has 0 aliphatic carbocycles. The number of nitrogens with two attached hydrogens (primary N) is 1. The molecule has 38 heavy (non-hydrogen) atoms. The fraction of sp³-hybridized carbons (Fsp3) is 0.286. The molecule has 0 spiro atoms. The number of hydrogen-bond acceptors (Lipinski definition) is 7. The number of likely N-dealkylation sites (N-methyl/N-ethyl adjacent to an activating group) is 1. The van der Waals surface area contributed by atoms with Crippen LogP contribution in [0.4, 0.5) is 5.82 Å². The quantitative estimate of drug-likeness (QED) is 0.378. The zero-order valence-corrected chi connectivity index (χ0v) is 21.5. The van der Waals surface area contributed by atoms with E-state index in [1.54, 1.807) is 27.7 Å². The zero-order chi connectivity index (χ0) is 26.6. The van der Waals surface area contributed by atoms with Crippen molar-refractivity contribution in [2.45, 2.75) is 18.9 Å². The monoisotopic (exact) mass is 513 g/mol. The SMILES string of the molecule is CN(C)CC=CC(=O)N1CCC[C@@H](n2c(=O)n(-c3ccc(Oc4ccccc4)cc3)c3c(N)ncnc32)C1. The van der Waals surface area contributed by atoms with E-state index in [4.69, 9.17) is 10.5 Å². The van der Waals surface area contributed by atoms with Gasteiger partial charge in [-0.3, -0.25) is 13.9 Å². The van der Waals surface area contributed by atoms with Crippen molar-refractivity contribution in [1.29, 1.82) is 0 Å². The van der Waals surface area contributed by atoms with Crippen LogP contribution in [-0.2, 0) is 4.79 Å². The number of imidazole rings is 1. The number of amides is 1. The van der Waals surface area contributed by atoms with Gasteiger partial charge in [0.1, 0.15) is 23.3 Å². The average molecular weight is 514 g/mol. The van der Waals surface area contributed by atoms with Gasteiger partial charge in [0.2, 0.25) is 5.91 Å². The molecule has 196 valence electrons. The van der Waals surface area contributed by atoms with Crippen LogP contribution < -0.4 is 16.2 Å². The Morgan fingerprint density at radius 1 is 1.11 bits per heavy atom. The molecule has 2 aromatic heterocycles. The van der Waals surface area contributed by atoms with Crippen molar-refractivity contribution < 1.29 is 9.53 Å². The van der Waals surface area contributed by atoms with Crippen molar-refractivity contribution >= 4 is 22.9 Å². The van der Waals surface area contributed by atoms with E-state index in [0.29, 0.717) is 42.2 Å². The molecule has 1 atom stereocenters. The minimum atomic E-state index is -0.272. The van der Waals surface area contributed by atoms with Crippen LogP contribution >= 0.6 is 0 Å². The van der Waals surface area contributed by atoms with Gasteiger partial charge >= 0.3 is 5.69 Å². The molecule has 1 saturated heterocycles. The molecular weight excluding hydrogens is 482 g/mol. The Morgan fingerprint density at radius 2 is 1.84 bits per heavy atom. The molecule has 2 aromatic carbocycles. The Bertz CT molecular complexity index is 1510. The van der Waals surface area contributed by atoms with E-state index in [-0.39, 0.29) is 23.5 Å². The number of carbonyl (C=O) groups is 1. The van der Waals surface area contributed by atoms with Gasteiger partial charge in [0.25, 0.3) is 0 Å². The van der Waals surface area contributed by atoms with Gasteiger partial charge in [-0.15, -0.1) is 0 Å². The third-order valence-corrected chi connectivity index (χ3v) is 6.56. The van der Waals surface area contributed by atoms with E-state index >= 15 is 0 Å². The number of aromatic nitrogens is 4. The molecule has 0 radical (unpaired) electrons.